The summed E-state index contributed by atoms with van der Waals surface area (Å²) in [5, 5.41) is 72.0. The highest BCUT2D eigenvalue weighted by Gasteiger charge is 2.47. The van der Waals surface area contributed by atoms with Gasteiger partial charge in [-0.05, 0) is 38.1 Å². The van der Waals surface area contributed by atoms with E-state index in [4.69, 9.17) is 28.1 Å². The number of rotatable bonds is 6. The van der Waals surface area contributed by atoms with Gasteiger partial charge in [-0.25, -0.2) is 0 Å². The van der Waals surface area contributed by atoms with Crippen molar-refractivity contribution < 1.29 is 68.6 Å². The SMILES string of the molecule is CC(=O)O[C@@H]1[C@@H](O)[C@H](O)[C@@H](Oc2c(-c3ccc(O)cc3)oc3cc(O[C@@H]4O[C@H](C)[C@H](O)[C@H](O)[C@H]4O)cc(O)c3c2=O)O[C@H]1C. The van der Waals surface area contributed by atoms with Gasteiger partial charge in [-0.1, -0.05) is 0 Å². The number of carbonyl (C=O) groups excluding carboxylic acids is 1. The summed E-state index contributed by atoms with van der Waals surface area (Å²) in [4.78, 5) is 25.3. The van der Waals surface area contributed by atoms with Crippen LogP contribution in [0.5, 0.6) is 23.0 Å². The minimum absolute atomic E-state index is 0.0974. The van der Waals surface area contributed by atoms with E-state index in [1.807, 2.05) is 0 Å². The fourth-order valence-corrected chi connectivity index (χ4v) is 5.05. The molecule has 0 radical (unpaired) electrons. The Morgan fingerprint density at radius 2 is 1.41 bits per heavy atom. The summed E-state index contributed by atoms with van der Waals surface area (Å²) in [7, 11) is 0. The number of aliphatic hydroxyl groups is 5. The van der Waals surface area contributed by atoms with Crippen molar-refractivity contribution in [1.82, 2.24) is 0 Å². The number of hydrogen-bond donors (Lipinski definition) is 7. The number of phenolic OH excluding ortho intramolecular Hbond substituents is 2. The lowest BCUT2D eigenvalue weighted by Gasteiger charge is -2.40. The van der Waals surface area contributed by atoms with Crippen LogP contribution in [0.3, 0.4) is 0 Å². The summed E-state index contributed by atoms with van der Waals surface area (Å²) >= 11 is 0. The summed E-state index contributed by atoms with van der Waals surface area (Å²) in [5.74, 6) is -2.34. The van der Waals surface area contributed by atoms with Crippen molar-refractivity contribution in [1.29, 1.82) is 0 Å². The van der Waals surface area contributed by atoms with Crippen LogP contribution in [0.15, 0.2) is 45.6 Å². The Morgan fingerprint density at radius 3 is 2.07 bits per heavy atom. The molecular weight excluding hydrogens is 588 g/mol. The second-order valence-electron chi connectivity index (χ2n) is 10.6. The lowest BCUT2D eigenvalue weighted by atomic mass is 9.99. The van der Waals surface area contributed by atoms with E-state index >= 15 is 0 Å². The van der Waals surface area contributed by atoms with E-state index in [9.17, 15) is 45.3 Å². The molecule has 0 amide bonds. The van der Waals surface area contributed by atoms with Gasteiger partial charge in [0.05, 0.1) is 12.2 Å². The van der Waals surface area contributed by atoms with E-state index in [0.29, 0.717) is 0 Å². The maximum atomic E-state index is 13.8. The number of esters is 1. The number of carbonyl (C=O) groups is 1. The minimum atomic E-state index is -1.79. The van der Waals surface area contributed by atoms with Crippen molar-refractivity contribution in [2.45, 2.75) is 82.2 Å². The third kappa shape index (κ3) is 5.90. The summed E-state index contributed by atoms with van der Waals surface area (Å²) in [6, 6.07) is 7.67. The molecule has 15 heteroatoms. The van der Waals surface area contributed by atoms with Gasteiger partial charge in [0.1, 0.15) is 58.7 Å². The fourth-order valence-electron chi connectivity index (χ4n) is 5.05. The van der Waals surface area contributed by atoms with Crippen LogP contribution in [-0.2, 0) is 19.0 Å². The molecule has 3 heterocycles. The molecule has 2 aromatic carbocycles. The number of aromatic hydroxyl groups is 2. The summed E-state index contributed by atoms with van der Waals surface area (Å²) in [5.41, 5.74) is -0.913. The first-order valence-corrected chi connectivity index (χ1v) is 13.6. The highest BCUT2D eigenvalue weighted by molar-refractivity contribution is 5.88. The molecule has 0 aliphatic carbocycles. The van der Waals surface area contributed by atoms with Gasteiger partial charge in [-0.3, -0.25) is 9.59 Å². The van der Waals surface area contributed by atoms with Crippen molar-refractivity contribution in [3.8, 4) is 34.3 Å². The molecule has 0 unspecified atom stereocenters. The summed E-state index contributed by atoms with van der Waals surface area (Å²) < 4.78 is 33.5. The molecule has 44 heavy (non-hydrogen) atoms. The number of hydrogen-bond acceptors (Lipinski definition) is 15. The fraction of sp³-hybridized carbons (Fsp3) is 0.448. The van der Waals surface area contributed by atoms with Gasteiger partial charge in [0.15, 0.2) is 11.9 Å². The Balaban J connectivity index is 1.55. The second-order valence-corrected chi connectivity index (χ2v) is 10.6. The first-order chi connectivity index (χ1) is 20.8. The zero-order valence-electron chi connectivity index (χ0n) is 23.6. The third-order valence-corrected chi connectivity index (χ3v) is 7.41. The average molecular weight is 621 g/mol. The molecule has 0 bridgehead atoms. The van der Waals surface area contributed by atoms with Crippen molar-refractivity contribution >= 4 is 16.9 Å². The van der Waals surface area contributed by atoms with E-state index < -0.39 is 84.3 Å². The number of fused-ring (bicyclic) bond motifs is 1. The van der Waals surface area contributed by atoms with Crippen molar-refractivity contribution in [2.75, 3.05) is 0 Å². The quantitative estimate of drug-likeness (QED) is 0.178. The van der Waals surface area contributed by atoms with E-state index in [0.717, 1.165) is 13.0 Å². The van der Waals surface area contributed by atoms with E-state index in [1.165, 1.54) is 44.2 Å². The lowest BCUT2D eigenvalue weighted by molar-refractivity contribution is -0.272. The second kappa shape index (κ2) is 12.2. The molecule has 238 valence electrons. The topological polar surface area (TPSA) is 235 Å². The van der Waals surface area contributed by atoms with Gasteiger partial charge in [0.2, 0.25) is 23.8 Å². The maximum Gasteiger partial charge on any atom is 0.303 e. The number of ether oxygens (including phenoxy) is 5. The zero-order chi connectivity index (χ0) is 32.0. The minimum Gasteiger partial charge on any atom is -0.508 e. The predicted molar refractivity (Wildman–Crippen MR) is 147 cm³/mol. The summed E-state index contributed by atoms with van der Waals surface area (Å²) in [6.45, 7) is 4.05. The van der Waals surface area contributed by atoms with Gasteiger partial charge in [-0.2, -0.15) is 0 Å². The van der Waals surface area contributed by atoms with Crippen LogP contribution in [0.2, 0.25) is 0 Å². The van der Waals surface area contributed by atoms with Gasteiger partial charge >= 0.3 is 5.97 Å². The molecule has 3 aromatic rings. The molecule has 5 rings (SSSR count). The molecule has 15 nitrogen and oxygen atoms in total. The summed E-state index contributed by atoms with van der Waals surface area (Å²) in [6.07, 6.45) is -14.3. The number of benzene rings is 2. The molecule has 10 atom stereocenters. The molecule has 2 fully saturated rings. The maximum absolute atomic E-state index is 13.8. The molecule has 1 aromatic heterocycles. The van der Waals surface area contributed by atoms with Crippen LogP contribution in [0.1, 0.15) is 20.8 Å². The Bertz CT molecular complexity index is 1570. The lowest BCUT2D eigenvalue weighted by Crippen LogP contribution is -2.59. The molecule has 2 aliphatic rings. The van der Waals surface area contributed by atoms with Crippen LogP contribution in [0, 0.1) is 0 Å². The van der Waals surface area contributed by atoms with Crippen molar-refractivity contribution in [3.05, 3.63) is 46.6 Å². The molecule has 2 aliphatic heterocycles. The van der Waals surface area contributed by atoms with E-state index in [2.05, 4.69) is 0 Å². The normalized spacial score (nSPS) is 32.3. The molecule has 2 saturated heterocycles. The third-order valence-electron chi connectivity index (χ3n) is 7.41. The van der Waals surface area contributed by atoms with Crippen LogP contribution in [0.25, 0.3) is 22.3 Å². The standard InChI is InChI=1S/C29H32O15/c1-10-19(33)21(35)23(37)28(39-10)42-15-8-16(32)18-17(9-15)43-26(13-4-6-14(31)7-5-13)27(20(18)34)44-29-24(38)22(36)25(11(2)40-29)41-12(3)30/h4-11,19,21-25,28-29,31-33,35-38H,1-3H3/t10-,11+,19+,21+,22+,23-,24+,25+,28+,29-/m1/s1. The van der Waals surface area contributed by atoms with Gasteiger partial charge in [0.25, 0.3) is 0 Å². The Morgan fingerprint density at radius 1 is 0.795 bits per heavy atom. The van der Waals surface area contributed by atoms with Gasteiger partial charge in [-0.15, -0.1) is 0 Å². The predicted octanol–water partition coefficient (Wildman–Crippen LogP) is -0.145. The van der Waals surface area contributed by atoms with Crippen molar-refractivity contribution in [3.63, 3.8) is 0 Å². The average Bonchev–Trinajstić information content (AvgIpc) is 2.97. The zero-order valence-corrected chi connectivity index (χ0v) is 23.6. The smallest absolute Gasteiger partial charge is 0.303 e. The Labute approximate surface area is 249 Å². The monoisotopic (exact) mass is 620 g/mol. The van der Waals surface area contributed by atoms with E-state index in [-0.39, 0.29) is 33.8 Å². The Hall–Kier alpha value is -3.96. The highest BCUT2D eigenvalue weighted by Crippen LogP contribution is 2.38. The van der Waals surface area contributed by atoms with Crippen LogP contribution < -0.4 is 14.9 Å². The number of phenols is 2. The molecular formula is C29H32O15. The molecule has 0 spiro atoms. The van der Waals surface area contributed by atoms with Gasteiger partial charge in [0, 0.05) is 24.6 Å². The largest absolute Gasteiger partial charge is 0.508 e. The van der Waals surface area contributed by atoms with Crippen LogP contribution in [0.4, 0.5) is 0 Å². The van der Waals surface area contributed by atoms with E-state index in [1.54, 1.807) is 0 Å². The number of aliphatic hydroxyl groups excluding tert-OH is 5. The molecule has 7 N–H and O–H groups in total. The first-order valence-electron chi connectivity index (χ1n) is 13.6. The van der Waals surface area contributed by atoms with Crippen molar-refractivity contribution in [2.24, 2.45) is 0 Å². The highest BCUT2D eigenvalue weighted by atomic mass is 16.7. The first kappa shape index (κ1) is 31.5. The van der Waals surface area contributed by atoms with Crippen LogP contribution in [-0.4, -0.2) is 103 Å². The van der Waals surface area contributed by atoms with Crippen LogP contribution >= 0.6 is 0 Å². The Kier molecular flexibility index (Phi) is 8.73. The molecule has 0 saturated carbocycles. The van der Waals surface area contributed by atoms with Gasteiger partial charge < -0.3 is 63.8 Å².